The Morgan fingerprint density at radius 3 is 2.74 bits per heavy atom. The minimum atomic E-state index is -0.909. The van der Waals surface area contributed by atoms with Gasteiger partial charge in [0.1, 0.15) is 23.3 Å². The van der Waals surface area contributed by atoms with Gasteiger partial charge >= 0.3 is 5.97 Å². The van der Waals surface area contributed by atoms with Crippen LogP contribution in [0, 0.1) is 3.57 Å². The zero-order valence-electron chi connectivity index (χ0n) is 20.0. The number of allylic oxidation sites excluding steroid dienone is 1. The summed E-state index contributed by atoms with van der Waals surface area (Å²) in [6.45, 7) is 3.57. The number of benzene rings is 2. The van der Waals surface area contributed by atoms with Crippen LogP contribution in [0.4, 0.5) is 0 Å². The number of phenolic OH excluding ortho intramolecular Hbond substituents is 1. The van der Waals surface area contributed by atoms with Gasteiger partial charge in [0.15, 0.2) is 4.80 Å². The number of carbonyl (C=O) groups excluding carboxylic acids is 1. The van der Waals surface area contributed by atoms with Gasteiger partial charge in [-0.25, -0.2) is 9.79 Å². The first-order valence-electron chi connectivity index (χ1n) is 11.4. The van der Waals surface area contributed by atoms with E-state index in [1.165, 1.54) is 4.57 Å². The van der Waals surface area contributed by atoms with Crippen LogP contribution in [0.15, 0.2) is 74.0 Å². The van der Waals surface area contributed by atoms with Crippen molar-refractivity contribution in [3.05, 3.63) is 104 Å². The molecule has 2 aromatic carbocycles. The Labute approximate surface area is 244 Å². The van der Waals surface area contributed by atoms with Gasteiger partial charge in [0, 0.05) is 14.7 Å². The molecular weight excluding hydrogens is 662 g/mol. The first-order valence-corrected chi connectivity index (χ1v) is 14.1. The molecule has 194 valence electrons. The predicted molar refractivity (Wildman–Crippen MR) is 155 cm³/mol. The van der Waals surface area contributed by atoms with E-state index in [4.69, 9.17) is 32.4 Å². The second kappa shape index (κ2) is 10.7. The topological polar surface area (TPSA) is 94.0 Å². The third-order valence-electron chi connectivity index (χ3n) is 5.89. The van der Waals surface area contributed by atoms with Crippen LogP contribution in [0.3, 0.4) is 0 Å². The third-order valence-corrected chi connectivity index (χ3v) is 8.29. The summed E-state index contributed by atoms with van der Waals surface area (Å²) in [6.07, 6.45) is 1.62. The number of hydrogen-bond acceptors (Lipinski definition) is 7. The number of aromatic hydroxyl groups is 1. The van der Waals surface area contributed by atoms with E-state index in [2.05, 4.69) is 27.6 Å². The molecule has 7 nitrogen and oxygen atoms in total. The molecule has 2 aromatic heterocycles. The Kier molecular flexibility index (Phi) is 7.54. The van der Waals surface area contributed by atoms with Crippen molar-refractivity contribution in [2.24, 2.45) is 4.99 Å². The fourth-order valence-corrected chi connectivity index (χ4v) is 6.00. The van der Waals surface area contributed by atoms with E-state index in [1.54, 1.807) is 68.5 Å². The van der Waals surface area contributed by atoms with Crippen LogP contribution in [-0.2, 0) is 9.53 Å². The average molecular weight is 681 g/mol. The molecule has 11 heteroatoms. The smallest absolute Gasteiger partial charge is 0.338 e. The maximum absolute atomic E-state index is 13.7. The van der Waals surface area contributed by atoms with Gasteiger partial charge < -0.3 is 14.3 Å². The van der Waals surface area contributed by atoms with Crippen molar-refractivity contribution in [2.75, 3.05) is 6.61 Å². The van der Waals surface area contributed by atoms with E-state index in [0.717, 1.165) is 14.9 Å². The Morgan fingerprint density at radius 1 is 1.21 bits per heavy atom. The van der Waals surface area contributed by atoms with Gasteiger partial charge in [-0.3, -0.25) is 9.36 Å². The molecule has 4 aromatic rings. The van der Waals surface area contributed by atoms with Gasteiger partial charge in [-0.15, -0.1) is 0 Å². The first-order chi connectivity index (χ1) is 18.2. The standard InChI is InChI=1S/C27H19Cl2IN2O5S/c1-3-36-26(35)23-13(2)31-27-32(25(34)22(38-27)12-15-10-16(30)5-7-19(15)33)24(23)21-9-8-20(37-21)14-4-6-17(28)18(29)11-14/h4-12,24,33H,3H2,1-2H3/b22-12-/t24-/m0/s1. The summed E-state index contributed by atoms with van der Waals surface area (Å²) < 4.78 is 14.2. The van der Waals surface area contributed by atoms with Crippen molar-refractivity contribution in [3.63, 3.8) is 0 Å². The van der Waals surface area contributed by atoms with Crippen molar-refractivity contribution in [1.82, 2.24) is 4.57 Å². The summed E-state index contributed by atoms with van der Waals surface area (Å²) in [5, 5.41) is 11.1. The lowest BCUT2D eigenvalue weighted by Crippen LogP contribution is -2.39. The maximum Gasteiger partial charge on any atom is 0.338 e. The van der Waals surface area contributed by atoms with Crippen LogP contribution in [-0.4, -0.2) is 22.2 Å². The SMILES string of the molecule is CCOC(=O)C1=C(C)N=c2s/c(=C\c3cc(I)ccc3O)c(=O)n2[C@H]1c1ccc(-c2ccc(Cl)c(Cl)c2)o1. The molecule has 0 saturated heterocycles. The molecule has 0 saturated carbocycles. The number of ether oxygens (including phenoxy) is 1. The predicted octanol–water partition coefficient (Wildman–Crippen LogP) is 5.68. The van der Waals surface area contributed by atoms with E-state index in [1.807, 2.05) is 0 Å². The quantitative estimate of drug-likeness (QED) is 0.217. The van der Waals surface area contributed by atoms with E-state index in [9.17, 15) is 14.7 Å². The zero-order valence-corrected chi connectivity index (χ0v) is 24.5. The van der Waals surface area contributed by atoms with Crippen LogP contribution >= 0.6 is 57.1 Å². The Bertz CT molecular complexity index is 1800. The molecule has 0 unspecified atom stereocenters. The van der Waals surface area contributed by atoms with E-state index < -0.39 is 12.0 Å². The molecule has 5 rings (SSSR count). The molecule has 0 aliphatic carbocycles. The van der Waals surface area contributed by atoms with E-state index in [-0.39, 0.29) is 23.5 Å². The van der Waals surface area contributed by atoms with Crippen molar-refractivity contribution >= 4 is 69.2 Å². The minimum absolute atomic E-state index is 0.0495. The first kappa shape index (κ1) is 26.7. The number of hydrogen-bond donors (Lipinski definition) is 1. The van der Waals surface area contributed by atoms with Crippen LogP contribution in [0.5, 0.6) is 5.75 Å². The summed E-state index contributed by atoms with van der Waals surface area (Å²) in [7, 11) is 0. The Balaban J connectivity index is 1.70. The number of thiazole rings is 1. The highest BCUT2D eigenvalue weighted by Crippen LogP contribution is 2.35. The van der Waals surface area contributed by atoms with Gasteiger partial charge in [0.25, 0.3) is 5.56 Å². The van der Waals surface area contributed by atoms with Crippen LogP contribution in [0.25, 0.3) is 17.4 Å². The monoisotopic (exact) mass is 680 g/mol. The molecule has 0 amide bonds. The van der Waals surface area contributed by atoms with Crippen LogP contribution in [0.1, 0.15) is 31.2 Å². The summed E-state index contributed by atoms with van der Waals surface area (Å²) >= 11 is 15.6. The number of fused-ring (bicyclic) bond motifs is 1. The third kappa shape index (κ3) is 4.95. The number of nitrogens with zero attached hydrogens (tertiary/aromatic N) is 2. The summed E-state index contributed by atoms with van der Waals surface area (Å²) in [5.74, 6) is 0.305. The molecule has 38 heavy (non-hydrogen) atoms. The highest BCUT2D eigenvalue weighted by Gasteiger charge is 2.35. The molecule has 0 radical (unpaired) electrons. The molecule has 0 fully saturated rings. The van der Waals surface area contributed by atoms with E-state index >= 15 is 0 Å². The van der Waals surface area contributed by atoms with Crippen molar-refractivity contribution in [3.8, 4) is 17.1 Å². The number of phenols is 1. The van der Waals surface area contributed by atoms with Crippen molar-refractivity contribution in [1.29, 1.82) is 0 Å². The van der Waals surface area contributed by atoms with Gasteiger partial charge in [-0.2, -0.15) is 0 Å². The largest absolute Gasteiger partial charge is 0.507 e. The number of carbonyl (C=O) groups is 1. The molecular formula is C27H19Cl2IN2O5S. The normalized spacial score (nSPS) is 15.4. The summed E-state index contributed by atoms with van der Waals surface area (Å²) in [4.78, 5) is 31.8. The van der Waals surface area contributed by atoms with Gasteiger partial charge in [0.05, 0.1) is 32.5 Å². The molecule has 0 bridgehead atoms. The molecule has 1 N–H and O–H groups in total. The lowest BCUT2D eigenvalue weighted by Gasteiger charge is -2.22. The maximum atomic E-state index is 13.7. The Hall–Kier alpha value is -2.86. The number of halogens is 3. The molecule has 0 spiro atoms. The molecule has 1 aliphatic rings. The number of rotatable bonds is 5. The second-order valence-electron chi connectivity index (χ2n) is 8.34. The van der Waals surface area contributed by atoms with Gasteiger partial charge in [-0.1, -0.05) is 34.5 Å². The number of esters is 1. The molecule has 1 atom stereocenters. The van der Waals surface area contributed by atoms with Crippen LogP contribution in [0.2, 0.25) is 10.0 Å². The highest BCUT2D eigenvalue weighted by molar-refractivity contribution is 14.1. The van der Waals surface area contributed by atoms with E-state index in [0.29, 0.717) is 47.7 Å². The van der Waals surface area contributed by atoms with Crippen molar-refractivity contribution < 1.29 is 19.1 Å². The number of aromatic nitrogens is 1. The minimum Gasteiger partial charge on any atom is -0.507 e. The van der Waals surface area contributed by atoms with Gasteiger partial charge in [0.2, 0.25) is 0 Å². The summed E-state index contributed by atoms with van der Waals surface area (Å²) in [6, 6.07) is 12.8. The number of furan rings is 1. The zero-order chi connectivity index (χ0) is 27.1. The van der Waals surface area contributed by atoms with Gasteiger partial charge in [-0.05, 0) is 91.0 Å². The second-order valence-corrected chi connectivity index (χ2v) is 11.4. The fraction of sp³-hybridized carbons (Fsp3) is 0.148. The van der Waals surface area contributed by atoms with Crippen molar-refractivity contribution in [2.45, 2.75) is 19.9 Å². The Morgan fingerprint density at radius 2 is 2.00 bits per heavy atom. The lowest BCUT2D eigenvalue weighted by atomic mass is 10.0. The molecule has 3 heterocycles. The summed E-state index contributed by atoms with van der Waals surface area (Å²) in [5.41, 5.74) is 1.44. The average Bonchev–Trinajstić information content (AvgIpc) is 3.47. The fourth-order valence-electron chi connectivity index (χ4n) is 4.15. The lowest BCUT2D eigenvalue weighted by molar-refractivity contribution is -0.139. The highest BCUT2D eigenvalue weighted by atomic mass is 127. The molecule has 1 aliphatic heterocycles. The van der Waals surface area contributed by atoms with Crippen LogP contribution < -0.4 is 14.9 Å².